The Kier molecular flexibility index (Phi) is 5.20. The normalized spacial score (nSPS) is 14.0. The molecule has 0 radical (unpaired) electrons. The fourth-order valence-electron chi connectivity index (χ4n) is 3.07. The summed E-state index contributed by atoms with van der Waals surface area (Å²) in [6.45, 7) is 3.37. The Bertz CT molecular complexity index is 942. The van der Waals surface area contributed by atoms with E-state index in [1.165, 1.54) is 12.8 Å². The number of pyridine rings is 1. The van der Waals surface area contributed by atoms with Crippen LogP contribution in [0.15, 0.2) is 48.8 Å². The monoisotopic (exact) mass is 378 g/mol. The number of hydrogen-bond donors (Lipinski definition) is 2. The first-order valence-electron chi connectivity index (χ1n) is 9.05. The van der Waals surface area contributed by atoms with Gasteiger partial charge in [0.2, 0.25) is 11.8 Å². The molecule has 1 aliphatic rings. The predicted molar refractivity (Wildman–Crippen MR) is 109 cm³/mol. The highest BCUT2D eigenvalue weighted by molar-refractivity contribution is 5.67. The highest BCUT2D eigenvalue weighted by atomic mass is 16.5. The lowest BCUT2D eigenvalue weighted by molar-refractivity contribution is 0.122. The van der Waals surface area contributed by atoms with Crippen molar-refractivity contribution in [3.8, 4) is 17.1 Å². The molecule has 8 nitrogen and oxygen atoms in total. The molecule has 0 unspecified atom stereocenters. The summed E-state index contributed by atoms with van der Waals surface area (Å²) in [5.41, 5.74) is 10.0. The van der Waals surface area contributed by atoms with Gasteiger partial charge >= 0.3 is 0 Å². The van der Waals surface area contributed by atoms with Gasteiger partial charge in [-0.05, 0) is 36.4 Å². The zero-order valence-corrected chi connectivity index (χ0v) is 15.6. The molecule has 8 heteroatoms. The van der Waals surface area contributed by atoms with E-state index in [4.69, 9.17) is 15.2 Å². The van der Waals surface area contributed by atoms with E-state index < -0.39 is 0 Å². The number of nitrogens with two attached hydrogens (primary N) is 1. The van der Waals surface area contributed by atoms with E-state index >= 15 is 0 Å². The van der Waals surface area contributed by atoms with Gasteiger partial charge in [-0.3, -0.25) is 0 Å². The number of anilines is 4. The number of rotatable bonds is 5. The molecule has 1 aromatic carbocycles. The molecule has 1 saturated heterocycles. The first kappa shape index (κ1) is 18.0. The Balaban J connectivity index is 1.49. The minimum atomic E-state index is 0.400. The number of nitrogens with one attached hydrogen (secondary N) is 1. The van der Waals surface area contributed by atoms with Crippen LogP contribution < -0.4 is 20.7 Å². The van der Waals surface area contributed by atoms with Crippen LogP contribution in [-0.2, 0) is 4.74 Å². The molecule has 4 rings (SSSR count). The molecule has 28 heavy (non-hydrogen) atoms. The van der Waals surface area contributed by atoms with Crippen LogP contribution in [0.2, 0.25) is 0 Å². The molecule has 144 valence electrons. The Morgan fingerprint density at radius 3 is 2.61 bits per heavy atom. The first-order valence-corrected chi connectivity index (χ1v) is 9.05. The largest absolute Gasteiger partial charge is 0.480 e. The quantitative estimate of drug-likeness (QED) is 0.699. The number of aromatic nitrogens is 3. The summed E-state index contributed by atoms with van der Waals surface area (Å²) in [6.07, 6.45) is 3.38. The maximum atomic E-state index is 5.95. The highest BCUT2D eigenvalue weighted by Crippen LogP contribution is 2.26. The van der Waals surface area contributed by atoms with Crippen molar-refractivity contribution in [2.75, 3.05) is 49.4 Å². The smallest absolute Gasteiger partial charge is 0.236 e. The molecule has 0 amide bonds. The van der Waals surface area contributed by atoms with Gasteiger partial charge in [0.1, 0.15) is 0 Å². The third-order valence-electron chi connectivity index (χ3n) is 4.52. The summed E-state index contributed by atoms with van der Waals surface area (Å²) in [5, 5.41) is 3.24. The van der Waals surface area contributed by atoms with Crippen LogP contribution in [0.3, 0.4) is 0 Å². The van der Waals surface area contributed by atoms with Crippen molar-refractivity contribution >= 4 is 23.0 Å². The molecule has 0 aliphatic carbocycles. The summed E-state index contributed by atoms with van der Waals surface area (Å²) >= 11 is 0. The molecule has 1 fully saturated rings. The molecular weight excluding hydrogens is 356 g/mol. The van der Waals surface area contributed by atoms with Gasteiger partial charge in [0, 0.05) is 42.4 Å². The Labute approximate surface area is 163 Å². The number of morpholine rings is 1. The van der Waals surface area contributed by atoms with Crippen molar-refractivity contribution in [3.63, 3.8) is 0 Å². The fourth-order valence-corrected chi connectivity index (χ4v) is 3.07. The van der Waals surface area contributed by atoms with Crippen molar-refractivity contribution in [2.24, 2.45) is 0 Å². The molecule has 2 aromatic heterocycles. The molecular formula is C20H22N6O2. The van der Waals surface area contributed by atoms with Crippen molar-refractivity contribution in [1.29, 1.82) is 0 Å². The summed E-state index contributed by atoms with van der Waals surface area (Å²) in [4.78, 5) is 15.4. The van der Waals surface area contributed by atoms with Gasteiger partial charge in [-0.25, -0.2) is 15.0 Å². The van der Waals surface area contributed by atoms with Crippen molar-refractivity contribution in [3.05, 3.63) is 48.8 Å². The molecule has 1 aliphatic heterocycles. The Morgan fingerprint density at radius 2 is 1.89 bits per heavy atom. The van der Waals surface area contributed by atoms with E-state index in [9.17, 15) is 0 Å². The summed E-state index contributed by atoms with van der Waals surface area (Å²) < 4.78 is 10.5. The molecule has 0 atom stereocenters. The van der Waals surface area contributed by atoms with Gasteiger partial charge < -0.3 is 25.4 Å². The van der Waals surface area contributed by atoms with Crippen LogP contribution in [0.25, 0.3) is 11.3 Å². The molecule has 3 heterocycles. The topological polar surface area (TPSA) is 98.4 Å². The van der Waals surface area contributed by atoms with E-state index in [0.29, 0.717) is 17.5 Å². The number of nitrogen functional groups attached to an aromatic ring is 1. The Hall–Kier alpha value is -3.39. The van der Waals surface area contributed by atoms with Crippen molar-refractivity contribution in [1.82, 2.24) is 15.0 Å². The highest BCUT2D eigenvalue weighted by Gasteiger charge is 2.11. The van der Waals surface area contributed by atoms with Crippen LogP contribution in [-0.4, -0.2) is 48.4 Å². The van der Waals surface area contributed by atoms with Gasteiger partial charge in [-0.2, -0.15) is 0 Å². The Morgan fingerprint density at radius 1 is 1.11 bits per heavy atom. The minimum absolute atomic E-state index is 0.400. The lowest BCUT2D eigenvalue weighted by Gasteiger charge is -2.28. The van der Waals surface area contributed by atoms with Crippen LogP contribution in [0, 0.1) is 0 Å². The van der Waals surface area contributed by atoms with E-state index in [0.717, 1.165) is 43.2 Å². The second kappa shape index (κ2) is 8.10. The zero-order chi connectivity index (χ0) is 19.3. The maximum absolute atomic E-state index is 5.95. The molecule has 0 spiro atoms. The average Bonchev–Trinajstić information content (AvgIpc) is 2.75. The van der Waals surface area contributed by atoms with Crippen LogP contribution in [0.1, 0.15) is 0 Å². The summed E-state index contributed by atoms with van der Waals surface area (Å²) in [7, 11) is 1.54. The first-order chi connectivity index (χ1) is 13.7. The molecule has 0 saturated carbocycles. The number of nitrogens with zero attached hydrogens (tertiary/aromatic N) is 4. The predicted octanol–water partition coefficient (Wildman–Crippen LogP) is 2.71. The summed E-state index contributed by atoms with van der Waals surface area (Å²) in [6, 6.07) is 11.8. The third-order valence-corrected chi connectivity index (χ3v) is 4.52. The molecule has 3 aromatic rings. The SMILES string of the molecule is COc1ncc(-c2ccnc(Nc3ccc(N4CCOCC4)cc3)n2)cc1N. The number of hydrogen-bond acceptors (Lipinski definition) is 8. The maximum Gasteiger partial charge on any atom is 0.236 e. The van der Waals surface area contributed by atoms with E-state index in [-0.39, 0.29) is 0 Å². The van der Waals surface area contributed by atoms with Gasteiger partial charge in [-0.1, -0.05) is 0 Å². The van der Waals surface area contributed by atoms with Crippen LogP contribution >= 0.6 is 0 Å². The fraction of sp³-hybridized carbons (Fsp3) is 0.250. The average molecular weight is 378 g/mol. The summed E-state index contributed by atoms with van der Waals surface area (Å²) in [5.74, 6) is 0.905. The van der Waals surface area contributed by atoms with Crippen LogP contribution in [0.4, 0.5) is 23.0 Å². The van der Waals surface area contributed by atoms with Gasteiger partial charge in [-0.15, -0.1) is 0 Å². The number of benzene rings is 1. The second-order valence-electron chi connectivity index (χ2n) is 6.36. The van der Waals surface area contributed by atoms with E-state index in [2.05, 4.69) is 37.3 Å². The van der Waals surface area contributed by atoms with E-state index in [1.54, 1.807) is 18.5 Å². The third kappa shape index (κ3) is 3.96. The van der Waals surface area contributed by atoms with Crippen molar-refractivity contribution < 1.29 is 9.47 Å². The van der Waals surface area contributed by atoms with Gasteiger partial charge in [0.05, 0.1) is 31.7 Å². The zero-order valence-electron chi connectivity index (χ0n) is 15.6. The standard InChI is InChI=1S/C20H22N6O2/c1-27-19-17(21)12-14(13-23-19)18-6-7-22-20(25-18)24-15-2-4-16(5-3-15)26-8-10-28-11-9-26/h2-7,12-13H,8-11,21H2,1H3,(H,22,24,25). The minimum Gasteiger partial charge on any atom is -0.480 e. The number of ether oxygens (including phenoxy) is 2. The lowest BCUT2D eigenvalue weighted by Crippen LogP contribution is -2.36. The lowest BCUT2D eigenvalue weighted by atomic mass is 10.2. The molecule has 3 N–H and O–H groups in total. The second-order valence-corrected chi connectivity index (χ2v) is 6.36. The van der Waals surface area contributed by atoms with Crippen molar-refractivity contribution in [2.45, 2.75) is 0 Å². The van der Waals surface area contributed by atoms with E-state index in [1.807, 2.05) is 18.2 Å². The van der Waals surface area contributed by atoms with Gasteiger partial charge in [0.25, 0.3) is 0 Å². The van der Waals surface area contributed by atoms with Crippen LogP contribution in [0.5, 0.6) is 5.88 Å². The number of methoxy groups -OCH3 is 1. The van der Waals surface area contributed by atoms with Gasteiger partial charge in [0.15, 0.2) is 0 Å². The molecule has 0 bridgehead atoms.